The number of hydrogen-bond acceptors (Lipinski definition) is 5. The standard InChI is InChI=1S/C17H15N5O2S/c23-16(18-9-12-7-4-8-25-12)14-15-17(24)19-13(10-22(15)21-20-14)11-5-2-1-3-6-11/h1-8,13H,9-10H2,(H,18,23)(H,19,24)/t13-/m1/s1. The molecule has 0 saturated carbocycles. The number of carbonyl (C=O) groups excluding carboxylic acids is 2. The van der Waals surface area contributed by atoms with Crippen LogP contribution in [0, 0.1) is 0 Å². The molecule has 8 heteroatoms. The lowest BCUT2D eigenvalue weighted by Gasteiger charge is -2.24. The lowest BCUT2D eigenvalue weighted by molar-refractivity contribution is 0.0876. The van der Waals surface area contributed by atoms with Crippen LogP contribution in [0.4, 0.5) is 0 Å². The second-order valence-corrected chi connectivity index (χ2v) is 6.70. The fraction of sp³-hybridized carbons (Fsp3) is 0.176. The lowest BCUT2D eigenvalue weighted by atomic mass is 10.0. The van der Waals surface area contributed by atoms with Crippen molar-refractivity contribution < 1.29 is 9.59 Å². The number of fused-ring (bicyclic) bond motifs is 1. The first-order valence-corrected chi connectivity index (χ1v) is 8.70. The highest BCUT2D eigenvalue weighted by Crippen LogP contribution is 2.21. The average Bonchev–Trinajstić information content (AvgIpc) is 3.30. The maximum atomic E-state index is 12.5. The summed E-state index contributed by atoms with van der Waals surface area (Å²) in [6, 6.07) is 13.3. The van der Waals surface area contributed by atoms with Crippen LogP contribution in [0.1, 0.15) is 37.5 Å². The van der Waals surface area contributed by atoms with E-state index in [0.29, 0.717) is 13.1 Å². The minimum absolute atomic E-state index is 0.0561. The molecule has 0 aliphatic carbocycles. The normalized spacial score (nSPS) is 16.2. The molecule has 25 heavy (non-hydrogen) atoms. The maximum absolute atomic E-state index is 12.5. The molecule has 0 fully saturated rings. The van der Waals surface area contributed by atoms with Crippen LogP contribution < -0.4 is 10.6 Å². The van der Waals surface area contributed by atoms with E-state index >= 15 is 0 Å². The van der Waals surface area contributed by atoms with Crippen LogP contribution in [0.15, 0.2) is 47.8 Å². The monoisotopic (exact) mass is 353 g/mol. The van der Waals surface area contributed by atoms with Gasteiger partial charge in [0.15, 0.2) is 11.4 Å². The molecule has 4 rings (SSSR count). The van der Waals surface area contributed by atoms with E-state index in [4.69, 9.17) is 0 Å². The molecule has 2 amide bonds. The van der Waals surface area contributed by atoms with Gasteiger partial charge >= 0.3 is 0 Å². The van der Waals surface area contributed by atoms with E-state index in [1.807, 2.05) is 47.8 Å². The van der Waals surface area contributed by atoms with E-state index in [1.54, 1.807) is 11.3 Å². The smallest absolute Gasteiger partial charge is 0.274 e. The van der Waals surface area contributed by atoms with Crippen molar-refractivity contribution >= 4 is 23.2 Å². The Balaban J connectivity index is 1.53. The lowest BCUT2D eigenvalue weighted by Crippen LogP contribution is -2.40. The summed E-state index contributed by atoms with van der Waals surface area (Å²) in [6.07, 6.45) is 0. The molecule has 3 aromatic rings. The van der Waals surface area contributed by atoms with E-state index < -0.39 is 5.91 Å². The summed E-state index contributed by atoms with van der Waals surface area (Å²) in [6.45, 7) is 0.841. The Bertz CT molecular complexity index is 905. The van der Waals surface area contributed by atoms with Crippen molar-refractivity contribution in [3.05, 3.63) is 69.7 Å². The summed E-state index contributed by atoms with van der Waals surface area (Å²) in [5, 5.41) is 15.6. The van der Waals surface area contributed by atoms with E-state index in [-0.39, 0.29) is 23.3 Å². The van der Waals surface area contributed by atoms with Gasteiger partial charge in [-0.1, -0.05) is 41.6 Å². The number of aromatic nitrogens is 3. The number of hydrogen-bond donors (Lipinski definition) is 2. The Kier molecular flexibility index (Phi) is 4.02. The fourth-order valence-corrected chi connectivity index (χ4v) is 3.45. The fourth-order valence-electron chi connectivity index (χ4n) is 2.80. The van der Waals surface area contributed by atoms with Crippen LogP contribution in [0.2, 0.25) is 0 Å². The first-order chi connectivity index (χ1) is 12.2. The summed E-state index contributed by atoms with van der Waals surface area (Å²) in [7, 11) is 0. The molecular weight excluding hydrogens is 338 g/mol. The predicted octanol–water partition coefficient (Wildman–Crippen LogP) is 1.75. The largest absolute Gasteiger partial charge is 0.346 e. The Morgan fingerprint density at radius 3 is 2.88 bits per heavy atom. The zero-order chi connectivity index (χ0) is 17.2. The van der Waals surface area contributed by atoms with Gasteiger partial charge in [-0.3, -0.25) is 9.59 Å². The zero-order valence-electron chi connectivity index (χ0n) is 13.2. The Hall–Kier alpha value is -3.00. The molecule has 3 heterocycles. The summed E-state index contributed by atoms with van der Waals surface area (Å²) >= 11 is 1.55. The summed E-state index contributed by atoms with van der Waals surface area (Å²) in [4.78, 5) is 25.9. The van der Waals surface area contributed by atoms with Crippen LogP contribution in [0.5, 0.6) is 0 Å². The predicted molar refractivity (Wildman–Crippen MR) is 92.2 cm³/mol. The van der Waals surface area contributed by atoms with E-state index in [2.05, 4.69) is 20.9 Å². The third-order valence-electron chi connectivity index (χ3n) is 4.03. The summed E-state index contributed by atoms with van der Waals surface area (Å²) < 4.78 is 1.50. The molecular formula is C17H15N5O2S. The summed E-state index contributed by atoms with van der Waals surface area (Å²) in [5.74, 6) is -0.741. The molecule has 0 bridgehead atoms. The first-order valence-electron chi connectivity index (χ1n) is 7.82. The quantitative estimate of drug-likeness (QED) is 0.748. The number of nitrogens with one attached hydrogen (secondary N) is 2. The maximum Gasteiger partial charge on any atom is 0.274 e. The van der Waals surface area contributed by atoms with Crippen LogP contribution >= 0.6 is 11.3 Å². The molecule has 7 nitrogen and oxygen atoms in total. The van der Waals surface area contributed by atoms with E-state index in [1.165, 1.54) is 4.68 Å². The van der Waals surface area contributed by atoms with Crippen LogP contribution in [0.25, 0.3) is 0 Å². The van der Waals surface area contributed by atoms with E-state index in [9.17, 15) is 9.59 Å². The molecule has 0 saturated heterocycles. The molecule has 0 radical (unpaired) electrons. The van der Waals surface area contributed by atoms with Gasteiger partial charge in [0.2, 0.25) is 0 Å². The molecule has 2 N–H and O–H groups in total. The molecule has 0 spiro atoms. The highest BCUT2D eigenvalue weighted by molar-refractivity contribution is 7.09. The van der Waals surface area contributed by atoms with Crippen molar-refractivity contribution in [2.24, 2.45) is 0 Å². The molecule has 1 atom stereocenters. The van der Waals surface area contributed by atoms with Gasteiger partial charge < -0.3 is 10.6 Å². The number of thiophene rings is 1. The Morgan fingerprint density at radius 2 is 2.12 bits per heavy atom. The molecule has 126 valence electrons. The highest BCUT2D eigenvalue weighted by atomic mass is 32.1. The van der Waals surface area contributed by atoms with Crippen molar-refractivity contribution in [1.82, 2.24) is 25.6 Å². The van der Waals surface area contributed by atoms with Crippen molar-refractivity contribution in [1.29, 1.82) is 0 Å². The molecule has 1 aliphatic heterocycles. The number of amides is 2. The van der Waals surface area contributed by atoms with Crippen molar-refractivity contribution in [3.8, 4) is 0 Å². The first kappa shape index (κ1) is 15.5. The molecule has 0 unspecified atom stereocenters. The van der Waals surface area contributed by atoms with Gasteiger partial charge in [-0.2, -0.15) is 0 Å². The summed E-state index contributed by atoms with van der Waals surface area (Å²) in [5.41, 5.74) is 1.25. The molecule has 1 aromatic carbocycles. The van der Waals surface area contributed by atoms with Gasteiger partial charge in [0.25, 0.3) is 11.8 Å². The topological polar surface area (TPSA) is 88.9 Å². The van der Waals surface area contributed by atoms with Crippen LogP contribution in [-0.4, -0.2) is 26.8 Å². The Morgan fingerprint density at radius 1 is 1.28 bits per heavy atom. The molecule has 2 aromatic heterocycles. The number of nitrogens with zero attached hydrogens (tertiary/aromatic N) is 3. The minimum atomic E-state index is -0.400. The third kappa shape index (κ3) is 3.03. The van der Waals surface area contributed by atoms with Crippen LogP contribution in [0.3, 0.4) is 0 Å². The third-order valence-corrected chi connectivity index (χ3v) is 4.91. The second-order valence-electron chi connectivity index (χ2n) is 5.67. The van der Waals surface area contributed by atoms with Crippen molar-refractivity contribution in [2.75, 3.05) is 0 Å². The molecule has 1 aliphatic rings. The number of carbonyl (C=O) groups is 2. The average molecular weight is 353 g/mol. The van der Waals surface area contributed by atoms with Gasteiger partial charge in [0.1, 0.15) is 0 Å². The minimum Gasteiger partial charge on any atom is -0.346 e. The SMILES string of the molecule is O=C(NCc1cccs1)c1nnn2c1C(=O)N[C@@H](c1ccccc1)C2. The second kappa shape index (κ2) is 6.48. The van der Waals surface area contributed by atoms with Gasteiger partial charge in [-0.15, -0.1) is 16.4 Å². The van der Waals surface area contributed by atoms with Crippen molar-refractivity contribution in [2.45, 2.75) is 19.1 Å². The van der Waals surface area contributed by atoms with Crippen molar-refractivity contribution in [3.63, 3.8) is 0 Å². The Labute approximate surface area is 147 Å². The zero-order valence-corrected chi connectivity index (χ0v) is 14.0. The van der Waals surface area contributed by atoms with E-state index in [0.717, 1.165) is 10.4 Å². The number of rotatable bonds is 4. The van der Waals surface area contributed by atoms with Gasteiger partial charge in [-0.25, -0.2) is 4.68 Å². The van der Waals surface area contributed by atoms with Gasteiger partial charge in [-0.05, 0) is 17.0 Å². The highest BCUT2D eigenvalue weighted by Gasteiger charge is 2.32. The van der Waals surface area contributed by atoms with Gasteiger partial charge in [0, 0.05) is 4.88 Å². The van der Waals surface area contributed by atoms with Crippen LogP contribution in [-0.2, 0) is 13.1 Å². The number of benzene rings is 1. The van der Waals surface area contributed by atoms with Gasteiger partial charge in [0.05, 0.1) is 19.1 Å².